The number of nitrogens with one attached hydrogen (secondary N) is 1. The fourth-order valence-electron chi connectivity index (χ4n) is 3.48. The molecule has 1 aliphatic heterocycles. The maximum Gasteiger partial charge on any atom is 0.228 e. The van der Waals surface area contributed by atoms with E-state index in [1.54, 1.807) is 4.68 Å². The topological polar surface area (TPSA) is 50.2 Å². The number of carbonyl (C=O) groups excluding carboxylic acids is 1. The van der Waals surface area contributed by atoms with Crippen molar-refractivity contribution in [1.29, 1.82) is 0 Å². The lowest BCUT2D eigenvalue weighted by atomic mass is 9.95. The van der Waals surface area contributed by atoms with Crippen molar-refractivity contribution in [3.05, 3.63) is 42.1 Å². The van der Waals surface area contributed by atoms with Gasteiger partial charge in [-0.3, -0.25) is 4.79 Å². The molecule has 1 aromatic carbocycles. The first-order chi connectivity index (χ1) is 12.0. The number of nitrogens with zero attached hydrogens (tertiary/aromatic N) is 3. The lowest BCUT2D eigenvalue weighted by Crippen LogP contribution is -2.39. The molecule has 0 saturated carbocycles. The maximum atomic E-state index is 12.7. The second kappa shape index (κ2) is 7.83. The third-order valence-corrected chi connectivity index (χ3v) is 4.67. The molecule has 1 aliphatic rings. The van der Waals surface area contributed by atoms with Gasteiger partial charge in [0.25, 0.3) is 0 Å². The molecule has 1 aromatic heterocycles. The lowest BCUT2D eigenvalue weighted by molar-refractivity contribution is -0.121. The van der Waals surface area contributed by atoms with Gasteiger partial charge in [0.2, 0.25) is 5.91 Å². The molecule has 134 valence electrons. The molecule has 0 radical (unpaired) electrons. The Hall–Kier alpha value is -2.14. The molecule has 2 heterocycles. The highest BCUT2D eigenvalue weighted by Gasteiger charge is 2.26. The molecule has 3 rings (SSSR count). The van der Waals surface area contributed by atoms with Crippen LogP contribution >= 0.6 is 0 Å². The Balaban J connectivity index is 1.65. The summed E-state index contributed by atoms with van der Waals surface area (Å²) in [5.41, 5.74) is 1.85. The second-order valence-electron chi connectivity index (χ2n) is 7.38. The fraction of sp³-hybridized carbons (Fsp3) is 0.500. The number of para-hydroxylation sites is 1. The van der Waals surface area contributed by atoms with Gasteiger partial charge in [-0.25, -0.2) is 4.68 Å². The summed E-state index contributed by atoms with van der Waals surface area (Å²) in [7, 11) is 0. The van der Waals surface area contributed by atoms with Crippen molar-refractivity contribution in [2.24, 2.45) is 11.8 Å². The van der Waals surface area contributed by atoms with Crippen LogP contribution in [0, 0.1) is 18.8 Å². The Labute approximate surface area is 150 Å². The Morgan fingerprint density at radius 1 is 1.24 bits per heavy atom. The van der Waals surface area contributed by atoms with Gasteiger partial charge in [0.15, 0.2) is 0 Å². The second-order valence-corrected chi connectivity index (χ2v) is 7.38. The van der Waals surface area contributed by atoms with E-state index < -0.39 is 0 Å². The van der Waals surface area contributed by atoms with Crippen LogP contribution in [0.5, 0.6) is 0 Å². The van der Waals surface area contributed by atoms with E-state index >= 15 is 0 Å². The average Bonchev–Trinajstić information content (AvgIpc) is 2.96. The number of amides is 1. The van der Waals surface area contributed by atoms with Crippen LogP contribution < -0.4 is 5.32 Å². The number of hydrogen-bond acceptors (Lipinski definition) is 3. The molecule has 1 amide bonds. The number of aromatic nitrogens is 2. The first kappa shape index (κ1) is 17.7. The third kappa shape index (κ3) is 4.48. The summed E-state index contributed by atoms with van der Waals surface area (Å²) in [4.78, 5) is 15.2. The predicted molar refractivity (Wildman–Crippen MR) is 101 cm³/mol. The van der Waals surface area contributed by atoms with Crippen LogP contribution in [-0.4, -0.2) is 40.2 Å². The molecule has 1 N–H and O–H groups in total. The highest BCUT2D eigenvalue weighted by Crippen LogP contribution is 2.22. The number of benzene rings is 1. The zero-order chi connectivity index (χ0) is 17.8. The summed E-state index contributed by atoms with van der Waals surface area (Å²) in [5.74, 6) is 1.62. The van der Waals surface area contributed by atoms with E-state index in [0.29, 0.717) is 5.92 Å². The summed E-state index contributed by atoms with van der Waals surface area (Å²) in [6, 6.07) is 11.8. The SMILES string of the molecule is Cc1cc(NC(=O)C2CCN(CC(C)C)CC2)n(-c2ccccc2)n1. The van der Waals surface area contributed by atoms with Gasteiger partial charge in [-0.2, -0.15) is 5.10 Å². The van der Waals surface area contributed by atoms with Crippen molar-refractivity contribution in [2.45, 2.75) is 33.6 Å². The van der Waals surface area contributed by atoms with Crippen LogP contribution in [0.3, 0.4) is 0 Å². The first-order valence-corrected chi connectivity index (χ1v) is 9.18. The molecule has 0 bridgehead atoms. The van der Waals surface area contributed by atoms with Crippen LogP contribution in [0.25, 0.3) is 5.69 Å². The van der Waals surface area contributed by atoms with Gasteiger partial charge in [0, 0.05) is 18.5 Å². The van der Waals surface area contributed by atoms with Crippen LogP contribution in [0.4, 0.5) is 5.82 Å². The zero-order valence-corrected chi connectivity index (χ0v) is 15.4. The Bertz CT molecular complexity index is 700. The van der Waals surface area contributed by atoms with E-state index in [1.165, 1.54) is 0 Å². The van der Waals surface area contributed by atoms with Crippen LogP contribution in [0.15, 0.2) is 36.4 Å². The zero-order valence-electron chi connectivity index (χ0n) is 15.4. The maximum absolute atomic E-state index is 12.7. The highest BCUT2D eigenvalue weighted by atomic mass is 16.2. The molecule has 25 heavy (non-hydrogen) atoms. The number of likely N-dealkylation sites (tertiary alicyclic amines) is 1. The fourth-order valence-corrected chi connectivity index (χ4v) is 3.48. The summed E-state index contributed by atoms with van der Waals surface area (Å²) in [6.45, 7) is 9.56. The highest BCUT2D eigenvalue weighted by molar-refractivity contribution is 5.92. The molecule has 0 unspecified atom stereocenters. The summed E-state index contributed by atoms with van der Waals surface area (Å²) in [6.07, 6.45) is 1.86. The minimum Gasteiger partial charge on any atom is -0.310 e. The number of rotatable bonds is 5. The van der Waals surface area contributed by atoms with Gasteiger partial charge < -0.3 is 10.2 Å². The number of anilines is 1. The normalized spacial score (nSPS) is 16.3. The molecular formula is C20H28N4O. The lowest BCUT2D eigenvalue weighted by Gasteiger charge is -2.32. The average molecular weight is 340 g/mol. The molecule has 1 saturated heterocycles. The first-order valence-electron chi connectivity index (χ1n) is 9.18. The van der Waals surface area contributed by atoms with Crippen molar-refractivity contribution < 1.29 is 4.79 Å². The van der Waals surface area contributed by atoms with Gasteiger partial charge in [0.05, 0.1) is 11.4 Å². The van der Waals surface area contributed by atoms with Crippen LogP contribution in [0.1, 0.15) is 32.4 Å². The molecule has 0 spiro atoms. The standard InChI is InChI=1S/C20H28N4O/c1-15(2)14-23-11-9-17(10-12-23)20(25)21-19-13-16(3)22-24(19)18-7-5-4-6-8-18/h4-8,13,15,17H,9-12,14H2,1-3H3,(H,21,25). The number of aryl methyl sites for hydroxylation is 1. The van der Waals surface area contributed by atoms with Crippen molar-refractivity contribution in [2.75, 3.05) is 25.0 Å². The minimum absolute atomic E-state index is 0.0860. The molecule has 1 fully saturated rings. The quantitative estimate of drug-likeness (QED) is 0.906. The van der Waals surface area contributed by atoms with E-state index in [2.05, 4.69) is 29.2 Å². The molecule has 5 heteroatoms. The predicted octanol–water partition coefficient (Wildman–Crippen LogP) is 3.49. The van der Waals surface area contributed by atoms with Crippen LogP contribution in [-0.2, 0) is 4.79 Å². The Morgan fingerprint density at radius 2 is 1.92 bits per heavy atom. The number of carbonyl (C=O) groups is 1. The van der Waals surface area contributed by atoms with E-state index in [-0.39, 0.29) is 11.8 Å². The summed E-state index contributed by atoms with van der Waals surface area (Å²) in [5, 5.41) is 7.62. The molecule has 5 nitrogen and oxygen atoms in total. The number of hydrogen-bond donors (Lipinski definition) is 1. The third-order valence-electron chi connectivity index (χ3n) is 4.67. The van der Waals surface area contributed by atoms with Crippen LogP contribution in [0.2, 0.25) is 0 Å². The van der Waals surface area contributed by atoms with Crippen molar-refractivity contribution in [3.63, 3.8) is 0 Å². The Morgan fingerprint density at radius 3 is 2.56 bits per heavy atom. The van der Waals surface area contributed by atoms with Gasteiger partial charge in [-0.15, -0.1) is 0 Å². The molecular weight excluding hydrogens is 312 g/mol. The van der Waals surface area contributed by atoms with Gasteiger partial charge in [0.1, 0.15) is 5.82 Å². The van der Waals surface area contributed by atoms with Crippen molar-refractivity contribution in [3.8, 4) is 5.69 Å². The van der Waals surface area contributed by atoms with Gasteiger partial charge in [-0.05, 0) is 50.9 Å². The van der Waals surface area contributed by atoms with Crippen molar-refractivity contribution >= 4 is 11.7 Å². The van der Waals surface area contributed by atoms with E-state index in [9.17, 15) is 4.79 Å². The van der Waals surface area contributed by atoms with Gasteiger partial charge >= 0.3 is 0 Å². The van der Waals surface area contributed by atoms with Crippen molar-refractivity contribution in [1.82, 2.24) is 14.7 Å². The summed E-state index contributed by atoms with van der Waals surface area (Å²) >= 11 is 0. The Kier molecular flexibility index (Phi) is 5.53. The number of piperidine rings is 1. The molecule has 0 aliphatic carbocycles. The molecule has 0 atom stereocenters. The minimum atomic E-state index is 0.0860. The summed E-state index contributed by atoms with van der Waals surface area (Å²) < 4.78 is 1.81. The van der Waals surface area contributed by atoms with E-state index in [0.717, 1.165) is 49.7 Å². The van der Waals surface area contributed by atoms with E-state index in [1.807, 2.05) is 43.3 Å². The van der Waals surface area contributed by atoms with Gasteiger partial charge in [-0.1, -0.05) is 32.0 Å². The monoisotopic (exact) mass is 340 g/mol. The smallest absolute Gasteiger partial charge is 0.228 e. The van der Waals surface area contributed by atoms with E-state index in [4.69, 9.17) is 0 Å². The molecule has 2 aromatic rings. The largest absolute Gasteiger partial charge is 0.310 e.